The summed E-state index contributed by atoms with van der Waals surface area (Å²) < 4.78 is 29.2. The molecule has 1 aromatic heterocycles. The summed E-state index contributed by atoms with van der Waals surface area (Å²) in [5.74, 6) is -0.0673. The quantitative estimate of drug-likeness (QED) is 0.165. The van der Waals surface area contributed by atoms with Gasteiger partial charge in [-0.15, -0.1) is 0 Å². The SMILES string of the molecule is O=[N+]([O-])c1cnc(CCCCS(=O)(=O)O)[nH]1.[Cl-].[Cl-].[Zn+2]. The van der Waals surface area contributed by atoms with Crippen LogP contribution in [0, 0.1) is 10.1 Å². The summed E-state index contributed by atoms with van der Waals surface area (Å²) in [4.78, 5) is 16.0. The van der Waals surface area contributed by atoms with Crippen molar-refractivity contribution in [2.24, 2.45) is 0 Å². The minimum absolute atomic E-state index is 0. The molecule has 12 heteroatoms. The van der Waals surface area contributed by atoms with Crippen molar-refractivity contribution in [3.05, 3.63) is 22.1 Å². The number of rotatable bonds is 6. The predicted octanol–water partition coefficient (Wildman–Crippen LogP) is -5.47. The van der Waals surface area contributed by atoms with Gasteiger partial charge >= 0.3 is 25.3 Å². The summed E-state index contributed by atoms with van der Waals surface area (Å²) in [6.45, 7) is 0. The van der Waals surface area contributed by atoms with E-state index in [1.807, 2.05) is 0 Å². The van der Waals surface area contributed by atoms with Crippen molar-refractivity contribution >= 4 is 15.9 Å². The first-order valence-electron chi connectivity index (χ1n) is 4.52. The van der Waals surface area contributed by atoms with Crippen LogP contribution < -0.4 is 24.8 Å². The number of unbranched alkanes of at least 4 members (excludes halogenated alkanes) is 1. The van der Waals surface area contributed by atoms with Crippen molar-refractivity contribution in [2.45, 2.75) is 19.3 Å². The molecule has 0 amide bonds. The largest absolute Gasteiger partial charge is 2.00 e. The van der Waals surface area contributed by atoms with Crippen LogP contribution in [0.25, 0.3) is 0 Å². The minimum atomic E-state index is -3.93. The van der Waals surface area contributed by atoms with Crippen LogP contribution in [0.15, 0.2) is 6.20 Å². The van der Waals surface area contributed by atoms with Crippen LogP contribution in [0.5, 0.6) is 0 Å². The summed E-state index contributed by atoms with van der Waals surface area (Å²) in [5, 5.41) is 10.3. The Morgan fingerprint density at radius 2 is 1.95 bits per heavy atom. The molecular formula is C7H11Cl2N3O5SZn. The number of nitro groups is 1. The van der Waals surface area contributed by atoms with E-state index in [-0.39, 0.29) is 62.3 Å². The van der Waals surface area contributed by atoms with Crippen LogP contribution in [0.2, 0.25) is 0 Å². The number of halogens is 2. The van der Waals surface area contributed by atoms with Gasteiger partial charge in [0, 0.05) is 6.42 Å². The maximum absolute atomic E-state index is 10.4. The topological polar surface area (TPSA) is 126 Å². The number of aromatic nitrogens is 2. The molecule has 1 rings (SSSR count). The summed E-state index contributed by atoms with van der Waals surface area (Å²) in [6, 6.07) is 0. The van der Waals surface area contributed by atoms with Crippen molar-refractivity contribution in [3.63, 3.8) is 0 Å². The van der Waals surface area contributed by atoms with E-state index in [2.05, 4.69) is 9.97 Å². The van der Waals surface area contributed by atoms with Crippen LogP contribution in [0.1, 0.15) is 18.7 Å². The summed E-state index contributed by atoms with van der Waals surface area (Å²) in [7, 11) is -3.93. The molecule has 0 fully saturated rings. The Morgan fingerprint density at radius 3 is 2.37 bits per heavy atom. The van der Waals surface area contributed by atoms with Gasteiger partial charge in [-0.3, -0.25) is 4.55 Å². The van der Waals surface area contributed by atoms with Crippen LogP contribution >= 0.6 is 0 Å². The Morgan fingerprint density at radius 1 is 1.37 bits per heavy atom. The standard InChI is InChI=1S/C7H11N3O5S.2ClH.Zn/c11-10(12)7-5-8-6(9-7)3-1-2-4-16(13,14)15;;;/h5H,1-4H2,(H,8,9)(H,13,14,15);2*1H;/q;;;+2/p-2. The summed E-state index contributed by atoms with van der Waals surface area (Å²) in [6.07, 6.45) is 2.28. The molecular weight excluding hydrogens is 374 g/mol. The number of nitrogens with zero attached hydrogens (tertiary/aromatic N) is 2. The number of H-pyrrole nitrogens is 1. The average molecular weight is 386 g/mol. The fourth-order valence-corrected chi connectivity index (χ4v) is 1.72. The average Bonchev–Trinajstić information content (AvgIpc) is 2.59. The second-order valence-corrected chi connectivity index (χ2v) is 4.79. The molecule has 0 bridgehead atoms. The molecule has 1 aromatic rings. The molecule has 0 spiro atoms. The van der Waals surface area contributed by atoms with E-state index >= 15 is 0 Å². The number of hydrogen-bond acceptors (Lipinski definition) is 5. The van der Waals surface area contributed by atoms with Crippen molar-refractivity contribution in [1.82, 2.24) is 9.97 Å². The van der Waals surface area contributed by atoms with Gasteiger partial charge < -0.3 is 34.9 Å². The zero-order valence-electron chi connectivity index (χ0n) is 9.75. The molecule has 0 radical (unpaired) electrons. The van der Waals surface area contributed by atoms with Crippen LogP contribution in [-0.2, 0) is 36.0 Å². The van der Waals surface area contributed by atoms with Gasteiger partial charge in [-0.1, -0.05) is 0 Å². The number of hydrogen-bond donors (Lipinski definition) is 2. The minimum Gasteiger partial charge on any atom is -1.00 e. The second kappa shape index (κ2) is 10.5. The number of nitrogens with one attached hydrogen (secondary N) is 1. The maximum atomic E-state index is 10.4. The predicted molar refractivity (Wildman–Crippen MR) is 54.6 cm³/mol. The van der Waals surface area contributed by atoms with Gasteiger partial charge in [0.05, 0.1) is 5.75 Å². The zero-order valence-corrected chi connectivity index (χ0v) is 15.0. The van der Waals surface area contributed by atoms with E-state index in [0.717, 1.165) is 6.20 Å². The fourth-order valence-electron chi connectivity index (χ4n) is 1.15. The van der Waals surface area contributed by atoms with Gasteiger partial charge in [-0.05, 0) is 17.8 Å². The summed E-state index contributed by atoms with van der Waals surface area (Å²) >= 11 is 0. The number of aryl methyl sites for hydroxylation is 1. The van der Waals surface area contributed by atoms with Crippen molar-refractivity contribution in [2.75, 3.05) is 5.75 Å². The molecule has 1 heterocycles. The molecule has 0 saturated heterocycles. The normalized spacial score (nSPS) is 9.74. The van der Waals surface area contributed by atoms with Crippen molar-refractivity contribution in [1.29, 1.82) is 0 Å². The smallest absolute Gasteiger partial charge is 1.00 e. The molecule has 0 aliphatic rings. The van der Waals surface area contributed by atoms with E-state index in [9.17, 15) is 18.5 Å². The van der Waals surface area contributed by atoms with Gasteiger partial charge in [-0.25, -0.2) is 9.97 Å². The Balaban J connectivity index is -0.000000853. The zero-order chi connectivity index (χ0) is 12.2. The van der Waals surface area contributed by atoms with Crippen LogP contribution in [-0.4, -0.2) is 33.6 Å². The molecule has 2 N–H and O–H groups in total. The fraction of sp³-hybridized carbons (Fsp3) is 0.571. The molecule has 0 aromatic carbocycles. The molecule has 0 aliphatic carbocycles. The van der Waals surface area contributed by atoms with Gasteiger partial charge in [0.2, 0.25) is 0 Å². The maximum Gasteiger partial charge on any atom is 2.00 e. The molecule has 0 saturated carbocycles. The Bertz CT molecular complexity index is 481. The van der Waals surface area contributed by atoms with Crippen LogP contribution in [0.3, 0.4) is 0 Å². The second-order valence-electron chi connectivity index (χ2n) is 3.22. The monoisotopic (exact) mass is 383 g/mol. The van der Waals surface area contributed by atoms with Gasteiger partial charge in [0.1, 0.15) is 6.20 Å². The Labute approximate surface area is 135 Å². The first-order valence-corrected chi connectivity index (χ1v) is 6.13. The molecule has 0 aliphatic heterocycles. The van der Waals surface area contributed by atoms with Gasteiger partial charge in [0.15, 0.2) is 5.82 Å². The third-order valence-electron chi connectivity index (χ3n) is 1.88. The third-order valence-corrected chi connectivity index (χ3v) is 2.68. The third kappa shape index (κ3) is 10.2. The number of aromatic amines is 1. The molecule has 8 nitrogen and oxygen atoms in total. The Hall–Kier alpha value is -0.277. The first kappa shape index (κ1) is 23.8. The van der Waals surface area contributed by atoms with Gasteiger partial charge in [0.25, 0.3) is 10.1 Å². The molecule has 0 unspecified atom stereocenters. The summed E-state index contributed by atoms with van der Waals surface area (Å²) in [5.41, 5.74) is 0. The van der Waals surface area contributed by atoms with E-state index in [1.54, 1.807) is 0 Å². The molecule has 19 heavy (non-hydrogen) atoms. The number of imidazole rings is 1. The first-order chi connectivity index (χ1) is 7.38. The van der Waals surface area contributed by atoms with Crippen molar-refractivity contribution in [3.8, 4) is 0 Å². The Kier molecular flexibility index (Phi) is 13.2. The molecule has 106 valence electrons. The van der Waals surface area contributed by atoms with Gasteiger partial charge in [-0.2, -0.15) is 8.42 Å². The van der Waals surface area contributed by atoms with E-state index in [1.165, 1.54) is 0 Å². The van der Waals surface area contributed by atoms with E-state index < -0.39 is 15.0 Å². The van der Waals surface area contributed by atoms with E-state index in [4.69, 9.17) is 4.55 Å². The van der Waals surface area contributed by atoms with Crippen molar-refractivity contribution < 1.29 is 62.2 Å². The van der Waals surface area contributed by atoms with Crippen LogP contribution in [0.4, 0.5) is 5.82 Å². The molecule has 0 atom stereocenters. The van der Waals surface area contributed by atoms with E-state index in [0.29, 0.717) is 18.7 Å².